The van der Waals surface area contributed by atoms with Crippen molar-refractivity contribution in [3.8, 4) is 5.88 Å². The van der Waals surface area contributed by atoms with E-state index in [1.165, 1.54) is 17.7 Å². The second-order valence-corrected chi connectivity index (χ2v) is 4.78. The molecule has 0 bridgehead atoms. The van der Waals surface area contributed by atoms with Crippen molar-refractivity contribution in [3.63, 3.8) is 0 Å². The summed E-state index contributed by atoms with van der Waals surface area (Å²) in [4.78, 5) is 33.1. The first kappa shape index (κ1) is 11.8. The molecule has 1 saturated heterocycles. The van der Waals surface area contributed by atoms with Gasteiger partial charge in [-0.15, -0.1) is 11.3 Å². The van der Waals surface area contributed by atoms with Crippen LogP contribution in [0.25, 0.3) is 10.2 Å². The van der Waals surface area contributed by atoms with Crippen molar-refractivity contribution in [1.82, 2.24) is 20.2 Å². The third-order valence-corrected chi connectivity index (χ3v) is 3.54. The molecule has 7 nitrogen and oxygen atoms in total. The Balaban J connectivity index is 1.70. The van der Waals surface area contributed by atoms with E-state index >= 15 is 0 Å². The third-order valence-electron chi connectivity index (χ3n) is 2.72. The monoisotopic (exact) mass is 278 g/mol. The number of imide groups is 1. The first-order valence-electron chi connectivity index (χ1n) is 5.65. The van der Waals surface area contributed by atoms with Crippen LogP contribution in [-0.4, -0.2) is 46.5 Å². The van der Waals surface area contributed by atoms with Crippen LogP contribution in [-0.2, 0) is 4.79 Å². The molecule has 0 saturated carbocycles. The lowest BCUT2D eigenvalue weighted by atomic mass is 10.4. The number of nitrogens with one attached hydrogen (secondary N) is 1. The zero-order valence-electron chi connectivity index (χ0n) is 9.83. The summed E-state index contributed by atoms with van der Waals surface area (Å²) in [6.07, 6.45) is 1.39. The number of carbonyl (C=O) groups excluding carboxylic acids is 2. The van der Waals surface area contributed by atoms with Crippen molar-refractivity contribution in [2.75, 3.05) is 19.7 Å². The average molecular weight is 278 g/mol. The summed E-state index contributed by atoms with van der Waals surface area (Å²) in [6.45, 7) is 0.640. The summed E-state index contributed by atoms with van der Waals surface area (Å²) in [5.74, 6) is -0.0174. The molecule has 98 valence electrons. The van der Waals surface area contributed by atoms with Gasteiger partial charge in [-0.3, -0.25) is 9.69 Å². The minimum atomic E-state index is -0.378. The van der Waals surface area contributed by atoms with Crippen LogP contribution in [0.3, 0.4) is 0 Å². The van der Waals surface area contributed by atoms with E-state index in [0.717, 1.165) is 15.1 Å². The van der Waals surface area contributed by atoms with Crippen LogP contribution in [0.1, 0.15) is 0 Å². The van der Waals surface area contributed by atoms with Gasteiger partial charge < -0.3 is 10.1 Å². The molecule has 1 aliphatic heterocycles. The first-order chi connectivity index (χ1) is 9.25. The van der Waals surface area contributed by atoms with Crippen molar-refractivity contribution >= 4 is 33.5 Å². The largest absolute Gasteiger partial charge is 0.467 e. The molecule has 0 spiro atoms. The molecule has 19 heavy (non-hydrogen) atoms. The molecule has 3 rings (SSSR count). The lowest BCUT2D eigenvalue weighted by molar-refractivity contribution is -0.129. The Bertz CT molecular complexity index is 642. The fourth-order valence-electron chi connectivity index (χ4n) is 1.80. The first-order valence-corrected chi connectivity index (χ1v) is 6.53. The fraction of sp³-hybridized carbons (Fsp3) is 0.273. The van der Waals surface area contributed by atoms with Gasteiger partial charge in [-0.2, -0.15) is 0 Å². The van der Waals surface area contributed by atoms with Crippen LogP contribution in [0, 0.1) is 0 Å². The van der Waals surface area contributed by atoms with Crippen molar-refractivity contribution in [3.05, 3.63) is 17.8 Å². The van der Waals surface area contributed by atoms with Crippen LogP contribution < -0.4 is 10.1 Å². The summed E-state index contributed by atoms with van der Waals surface area (Å²) < 4.78 is 5.38. The molecule has 0 radical (unpaired) electrons. The van der Waals surface area contributed by atoms with Crippen LogP contribution in [0.2, 0.25) is 0 Å². The SMILES string of the molecule is O=C(COc1ncnc2sccc12)N1CCNC1=O. The number of urea groups is 1. The van der Waals surface area contributed by atoms with Crippen molar-refractivity contribution in [2.24, 2.45) is 0 Å². The average Bonchev–Trinajstić information content (AvgIpc) is 3.04. The topological polar surface area (TPSA) is 84.4 Å². The van der Waals surface area contributed by atoms with Gasteiger partial charge in [-0.25, -0.2) is 14.8 Å². The normalized spacial score (nSPS) is 14.7. The van der Waals surface area contributed by atoms with Gasteiger partial charge in [0.2, 0.25) is 5.88 Å². The molecular formula is C11H10N4O3S. The zero-order chi connectivity index (χ0) is 13.2. The smallest absolute Gasteiger partial charge is 0.324 e. The highest BCUT2D eigenvalue weighted by atomic mass is 32.1. The minimum absolute atomic E-state index is 0.213. The highest BCUT2D eigenvalue weighted by molar-refractivity contribution is 7.16. The van der Waals surface area contributed by atoms with Gasteiger partial charge in [0.15, 0.2) is 6.61 Å². The van der Waals surface area contributed by atoms with E-state index in [-0.39, 0.29) is 18.5 Å². The molecule has 0 atom stereocenters. The number of ether oxygens (including phenoxy) is 1. The van der Waals surface area contributed by atoms with Crippen molar-refractivity contribution < 1.29 is 14.3 Å². The summed E-state index contributed by atoms with van der Waals surface area (Å²) >= 11 is 1.47. The lowest BCUT2D eigenvalue weighted by Crippen LogP contribution is -2.37. The Kier molecular flexibility index (Phi) is 3.00. The molecule has 3 heterocycles. The van der Waals surface area contributed by atoms with Gasteiger partial charge in [0.05, 0.1) is 5.39 Å². The highest BCUT2D eigenvalue weighted by Gasteiger charge is 2.26. The maximum Gasteiger partial charge on any atom is 0.324 e. The molecule has 1 N–H and O–H groups in total. The molecule has 1 aliphatic rings. The maximum atomic E-state index is 11.8. The molecular weight excluding hydrogens is 268 g/mol. The zero-order valence-corrected chi connectivity index (χ0v) is 10.6. The number of carbonyl (C=O) groups is 2. The van der Waals surface area contributed by atoms with E-state index in [9.17, 15) is 9.59 Å². The Hall–Kier alpha value is -2.22. The standard InChI is InChI=1S/C11H10N4O3S/c16-8(15-3-2-12-11(15)17)5-18-9-7-1-4-19-10(7)14-6-13-9/h1,4,6H,2-3,5H2,(H,12,17). The lowest BCUT2D eigenvalue weighted by Gasteiger charge is -2.12. The molecule has 2 aromatic heterocycles. The van der Waals surface area contributed by atoms with Gasteiger partial charge in [-0.1, -0.05) is 0 Å². The van der Waals surface area contributed by atoms with Crippen LogP contribution >= 0.6 is 11.3 Å². The van der Waals surface area contributed by atoms with Crippen molar-refractivity contribution in [1.29, 1.82) is 0 Å². The Morgan fingerprint density at radius 1 is 1.53 bits per heavy atom. The van der Waals surface area contributed by atoms with E-state index in [1.54, 1.807) is 0 Å². The fourth-order valence-corrected chi connectivity index (χ4v) is 2.52. The van der Waals surface area contributed by atoms with E-state index in [2.05, 4.69) is 15.3 Å². The number of thiophene rings is 1. The Morgan fingerprint density at radius 2 is 2.42 bits per heavy atom. The molecule has 2 aromatic rings. The minimum Gasteiger partial charge on any atom is -0.467 e. The number of amides is 3. The Morgan fingerprint density at radius 3 is 3.21 bits per heavy atom. The van der Waals surface area contributed by atoms with Gasteiger partial charge in [0.1, 0.15) is 11.2 Å². The summed E-state index contributed by atoms with van der Waals surface area (Å²) in [5.41, 5.74) is 0. The van der Waals surface area contributed by atoms with Crippen molar-refractivity contribution in [2.45, 2.75) is 0 Å². The van der Waals surface area contributed by atoms with Crippen LogP contribution in [0.5, 0.6) is 5.88 Å². The highest BCUT2D eigenvalue weighted by Crippen LogP contribution is 2.25. The molecule has 8 heteroatoms. The van der Waals surface area contributed by atoms with E-state index in [4.69, 9.17) is 4.74 Å². The van der Waals surface area contributed by atoms with Crippen LogP contribution in [0.15, 0.2) is 17.8 Å². The van der Waals surface area contributed by atoms with Gasteiger partial charge in [0.25, 0.3) is 5.91 Å². The van der Waals surface area contributed by atoms with E-state index < -0.39 is 0 Å². The molecule has 1 fully saturated rings. The molecule has 3 amide bonds. The third kappa shape index (κ3) is 2.22. The number of hydrogen-bond donors (Lipinski definition) is 1. The van der Waals surface area contributed by atoms with Gasteiger partial charge in [0, 0.05) is 13.1 Å². The summed E-state index contributed by atoms with van der Waals surface area (Å²) in [5, 5.41) is 5.21. The maximum absolute atomic E-state index is 11.8. The summed E-state index contributed by atoms with van der Waals surface area (Å²) in [7, 11) is 0. The Labute approximate surface area is 112 Å². The number of fused-ring (bicyclic) bond motifs is 1. The molecule has 0 unspecified atom stereocenters. The predicted molar refractivity (Wildman–Crippen MR) is 68.0 cm³/mol. The van der Waals surface area contributed by atoms with Crippen LogP contribution in [0.4, 0.5) is 4.79 Å². The molecule has 0 aromatic carbocycles. The number of aromatic nitrogens is 2. The summed E-state index contributed by atoms with van der Waals surface area (Å²) in [6, 6.07) is 1.46. The van der Waals surface area contributed by atoms with E-state index in [0.29, 0.717) is 19.0 Å². The second-order valence-electron chi connectivity index (χ2n) is 3.88. The number of hydrogen-bond acceptors (Lipinski definition) is 6. The van der Waals surface area contributed by atoms with E-state index in [1.807, 2.05) is 11.4 Å². The number of nitrogens with zero attached hydrogens (tertiary/aromatic N) is 3. The van der Waals surface area contributed by atoms with Gasteiger partial charge >= 0.3 is 6.03 Å². The predicted octanol–water partition coefficient (Wildman–Crippen LogP) is 0.622. The number of rotatable bonds is 3. The van der Waals surface area contributed by atoms with Gasteiger partial charge in [-0.05, 0) is 11.4 Å². The molecule has 0 aliphatic carbocycles. The second kappa shape index (κ2) is 4.81. The quantitative estimate of drug-likeness (QED) is 0.889.